The van der Waals surface area contributed by atoms with Crippen LogP contribution >= 0.6 is 0 Å². The predicted molar refractivity (Wildman–Crippen MR) is 71.7 cm³/mol. The van der Waals surface area contributed by atoms with Gasteiger partial charge in [0.25, 0.3) is 0 Å². The van der Waals surface area contributed by atoms with Crippen molar-refractivity contribution in [3.63, 3.8) is 0 Å². The van der Waals surface area contributed by atoms with Crippen molar-refractivity contribution in [1.82, 2.24) is 5.32 Å². The first-order chi connectivity index (χ1) is 8.60. The van der Waals surface area contributed by atoms with Crippen LogP contribution in [0.1, 0.15) is 52.4 Å². The Morgan fingerprint density at radius 2 is 1.94 bits per heavy atom. The highest BCUT2D eigenvalue weighted by atomic mass is 16.6. The van der Waals surface area contributed by atoms with Gasteiger partial charge in [-0.2, -0.15) is 0 Å². The van der Waals surface area contributed by atoms with E-state index in [0.717, 1.165) is 32.1 Å². The zero-order valence-corrected chi connectivity index (χ0v) is 11.8. The molecule has 3 rings (SSSR count). The zero-order valence-electron chi connectivity index (χ0n) is 11.8. The van der Waals surface area contributed by atoms with Crippen LogP contribution in [-0.2, 0) is 9.47 Å². The summed E-state index contributed by atoms with van der Waals surface area (Å²) in [4.78, 5) is 0. The van der Waals surface area contributed by atoms with Gasteiger partial charge in [0.2, 0.25) is 0 Å². The summed E-state index contributed by atoms with van der Waals surface area (Å²) in [5.74, 6) is 0.907. The quantitative estimate of drug-likeness (QED) is 0.820. The molecule has 2 saturated heterocycles. The number of ether oxygens (including phenoxy) is 2. The van der Waals surface area contributed by atoms with Crippen LogP contribution in [-0.4, -0.2) is 37.0 Å². The van der Waals surface area contributed by atoms with Crippen molar-refractivity contribution in [2.75, 3.05) is 19.8 Å². The van der Waals surface area contributed by atoms with Crippen molar-refractivity contribution in [2.24, 2.45) is 5.92 Å². The van der Waals surface area contributed by atoms with E-state index in [0.29, 0.717) is 6.04 Å². The van der Waals surface area contributed by atoms with Gasteiger partial charge in [-0.25, -0.2) is 0 Å². The van der Waals surface area contributed by atoms with Crippen molar-refractivity contribution >= 4 is 0 Å². The lowest BCUT2D eigenvalue weighted by Crippen LogP contribution is -2.59. The molecule has 3 nitrogen and oxygen atoms in total. The van der Waals surface area contributed by atoms with E-state index in [1.807, 2.05) is 0 Å². The maximum atomic E-state index is 6.20. The van der Waals surface area contributed by atoms with Crippen LogP contribution in [0, 0.1) is 5.92 Å². The van der Waals surface area contributed by atoms with E-state index in [2.05, 4.69) is 19.2 Å². The minimum atomic E-state index is -0.0512. The third kappa shape index (κ3) is 2.45. The lowest BCUT2D eigenvalue weighted by atomic mass is 9.81. The maximum absolute atomic E-state index is 6.20. The summed E-state index contributed by atoms with van der Waals surface area (Å²) < 4.78 is 12.2. The van der Waals surface area contributed by atoms with Crippen molar-refractivity contribution < 1.29 is 9.47 Å². The van der Waals surface area contributed by atoms with Gasteiger partial charge in [-0.1, -0.05) is 25.7 Å². The summed E-state index contributed by atoms with van der Waals surface area (Å²) in [5, 5.41) is 3.71. The summed E-state index contributed by atoms with van der Waals surface area (Å²) in [6.07, 6.45) is 7.99. The molecular formula is C15H27NO2. The third-order valence-corrected chi connectivity index (χ3v) is 4.99. The molecule has 2 heterocycles. The van der Waals surface area contributed by atoms with E-state index >= 15 is 0 Å². The molecule has 2 aliphatic heterocycles. The standard InChI is InChI=1S/C15H27NO2/c1-14(2)10-15(11-18-14)13(16-7-8-17-15)9-12-5-3-4-6-12/h12-13,16H,3-11H2,1-2H3. The second kappa shape index (κ2) is 4.77. The van der Waals surface area contributed by atoms with Crippen LogP contribution < -0.4 is 5.32 Å². The fourth-order valence-electron chi connectivity index (χ4n) is 4.11. The molecule has 0 bridgehead atoms. The first kappa shape index (κ1) is 12.9. The Balaban J connectivity index is 1.69. The Hall–Kier alpha value is -0.120. The van der Waals surface area contributed by atoms with Gasteiger partial charge in [0.1, 0.15) is 5.60 Å². The lowest BCUT2D eigenvalue weighted by molar-refractivity contribution is -0.102. The first-order valence-corrected chi connectivity index (χ1v) is 7.61. The van der Waals surface area contributed by atoms with Crippen LogP contribution in [0.4, 0.5) is 0 Å². The molecule has 1 N–H and O–H groups in total. The summed E-state index contributed by atoms with van der Waals surface area (Å²) in [6, 6.07) is 0.496. The zero-order chi connectivity index (χ0) is 12.6. The molecule has 2 atom stereocenters. The van der Waals surface area contributed by atoms with Crippen LogP contribution in [0.3, 0.4) is 0 Å². The highest BCUT2D eigenvalue weighted by molar-refractivity contribution is 5.04. The Kier molecular flexibility index (Phi) is 3.41. The Bertz CT molecular complexity index is 299. The molecule has 104 valence electrons. The molecule has 2 unspecified atom stereocenters. The van der Waals surface area contributed by atoms with E-state index in [-0.39, 0.29) is 11.2 Å². The minimum absolute atomic E-state index is 0.0209. The molecule has 3 heteroatoms. The molecular weight excluding hydrogens is 226 g/mol. The van der Waals surface area contributed by atoms with E-state index in [4.69, 9.17) is 9.47 Å². The predicted octanol–water partition coefficient (Wildman–Crippen LogP) is 2.49. The van der Waals surface area contributed by atoms with E-state index in [9.17, 15) is 0 Å². The molecule has 1 aliphatic carbocycles. The Morgan fingerprint density at radius 3 is 2.61 bits per heavy atom. The van der Waals surface area contributed by atoms with Crippen molar-refractivity contribution in [1.29, 1.82) is 0 Å². The minimum Gasteiger partial charge on any atom is -0.372 e. The molecule has 0 radical (unpaired) electrons. The van der Waals surface area contributed by atoms with Gasteiger partial charge < -0.3 is 14.8 Å². The van der Waals surface area contributed by atoms with Crippen molar-refractivity contribution in [3.8, 4) is 0 Å². The maximum Gasteiger partial charge on any atom is 0.109 e. The average molecular weight is 253 g/mol. The average Bonchev–Trinajstić information content (AvgIpc) is 2.91. The van der Waals surface area contributed by atoms with Gasteiger partial charge in [-0.05, 0) is 26.2 Å². The third-order valence-electron chi connectivity index (χ3n) is 4.99. The fraction of sp³-hybridized carbons (Fsp3) is 1.00. The summed E-state index contributed by atoms with van der Waals surface area (Å²) >= 11 is 0. The van der Waals surface area contributed by atoms with Gasteiger partial charge in [0.05, 0.1) is 18.8 Å². The molecule has 1 spiro atoms. The molecule has 1 saturated carbocycles. The number of nitrogens with one attached hydrogen (secondary N) is 1. The molecule has 0 aromatic heterocycles. The smallest absolute Gasteiger partial charge is 0.109 e. The summed E-state index contributed by atoms with van der Waals surface area (Å²) in [7, 11) is 0. The van der Waals surface area contributed by atoms with Crippen molar-refractivity contribution in [3.05, 3.63) is 0 Å². The van der Waals surface area contributed by atoms with E-state index in [1.165, 1.54) is 32.1 Å². The van der Waals surface area contributed by atoms with Crippen LogP contribution in [0.15, 0.2) is 0 Å². The lowest BCUT2D eigenvalue weighted by Gasteiger charge is -2.42. The molecule has 0 aromatic carbocycles. The second-order valence-electron chi connectivity index (χ2n) is 7.03. The van der Waals surface area contributed by atoms with Crippen LogP contribution in [0.5, 0.6) is 0 Å². The van der Waals surface area contributed by atoms with Crippen LogP contribution in [0.25, 0.3) is 0 Å². The molecule has 0 aromatic rings. The number of hydrogen-bond acceptors (Lipinski definition) is 3. The molecule has 3 fully saturated rings. The molecule has 0 amide bonds. The molecule has 3 aliphatic rings. The Labute approximate surface area is 111 Å². The second-order valence-corrected chi connectivity index (χ2v) is 7.03. The summed E-state index contributed by atoms with van der Waals surface area (Å²) in [5.41, 5.74) is -0.0721. The van der Waals surface area contributed by atoms with Gasteiger partial charge in [0.15, 0.2) is 0 Å². The fourth-order valence-corrected chi connectivity index (χ4v) is 4.11. The first-order valence-electron chi connectivity index (χ1n) is 7.61. The van der Waals surface area contributed by atoms with Gasteiger partial charge in [-0.15, -0.1) is 0 Å². The number of morpholine rings is 1. The monoisotopic (exact) mass is 253 g/mol. The topological polar surface area (TPSA) is 30.5 Å². The Morgan fingerprint density at radius 1 is 1.17 bits per heavy atom. The van der Waals surface area contributed by atoms with E-state index in [1.54, 1.807) is 0 Å². The van der Waals surface area contributed by atoms with Crippen molar-refractivity contribution in [2.45, 2.75) is 69.6 Å². The summed E-state index contributed by atoms with van der Waals surface area (Å²) in [6.45, 7) is 6.98. The van der Waals surface area contributed by atoms with Crippen LogP contribution in [0.2, 0.25) is 0 Å². The van der Waals surface area contributed by atoms with Gasteiger partial charge >= 0.3 is 0 Å². The number of rotatable bonds is 2. The van der Waals surface area contributed by atoms with E-state index < -0.39 is 0 Å². The largest absolute Gasteiger partial charge is 0.372 e. The van der Waals surface area contributed by atoms with Gasteiger partial charge in [-0.3, -0.25) is 0 Å². The highest BCUT2D eigenvalue weighted by Crippen LogP contribution is 2.42. The molecule has 18 heavy (non-hydrogen) atoms. The normalized spacial score (nSPS) is 40.7. The SMILES string of the molecule is CC1(C)CC2(CO1)OCCNC2CC1CCCC1. The number of hydrogen-bond donors (Lipinski definition) is 1. The highest BCUT2D eigenvalue weighted by Gasteiger charge is 2.52. The van der Waals surface area contributed by atoms with Gasteiger partial charge in [0, 0.05) is 19.0 Å².